The summed E-state index contributed by atoms with van der Waals surface area (Å²) in [6, 6.07) is 2.87. The van der Waals surface area contributed by atoms with Crippen molar-refractivity contribution in [3.05, 3.63) is 29.6 Å². The SMILES string of the molecule is CNS(=O)(=O)c1ccc(F)c(C(=O)OCC2CC2(Cl)Cl)c1. The van der Waals surface area contributed by atoms with Crippen LogP contribution in [0.15, 0.2) is 23.1 Å². The zero-order chi connectivity index (χ0) is 15.8. The lowest BCUT2D eigenvalue weighted by molar-refractivity contribution is 0.0479. The highest BCUT2D eigenvalue weighted by molar-refractivity contribution is 7.89. The number of hydrogen-bond acceptors (Lipinski definition) is 4. The first kappa shape index (κ1) is 16.5. The second kappa shape index (κ2) is 5.72. The van der Waals surface area contributed by atoms with E-state index in [9.17, 15) is 17.6 Å². The van der Waals surface area contributed by atoms with Gasteiger partial charge in [0.25, 0.3) is 0 Å². The van der Waals surface area contributed by atoms with E-state index in [1.165, 1.54) is 7.05 Å². The van der Waals surface area contributed by atoms with E-state index in [2.05, 4.69) is 4.72 Å². The zero-order valence-corrected chi connectivity index (χ0v) is 13.2. The highest BCUT2D eigenvalue weighted by Gasteiger charge is 2.52. The number of esters is 1. The molecular weight excluding hydrogens is 344 g/mol. The third-order valence-electron chi connectivity index (χ3n) is 3.11. The number of sulfonamides is 1. The number of halogens is 3. The van der Waals surface area contributed by atoms with Crippen molar-refractivity contribution in [2.75, 3.05) is 13.7 Å². The van der Waals surface area contributed by atoms with Crippen LogP contribution in [0, 0.1) is 11.7 Å². The van der Waals surface area contributed by atoms with E-state index < -0.39 is 31.7 Å². The van der Waals surface area contributed by atoms with Crippen molar-refractivity contribution in [2.24, 2.45) is 5.92 Å². The molecule has 116 valence electrons. The van der Waals surface area contributed by atoms with Gasteiger partial charge in [-0.25, -0.2) is 22.3 Å². The Kier molecular flexibility index (Phi) is 4.49. The quantitative estimate of drug-likeness (QED) is 0.648. The Labute approximate surface area is 131 Å². The minimum absolute atomic E-state index is 0.0473. The first-order chi connectivity index (χ1) is 9.67. The second-order valence-corrected chi connectivity index (χ2v) is 8.04. The lowest BCUT2D eigenvalue weighted by atomic mass is 10.2. The van der Waals surface area contributed by atoms with Crippen LogP contribution >= 0.6 is 23.2 Å². The molecule has 1 unspecified atom stereocenters. The maximum absolute atomic E-state index is 13.6. The summed E-state index contributed by atoms with van der Waals surface area (Å²) in [4.78, 5) is 11.6. The largest absolute Gasteiger partial charge is 0.462 e. The number of benzene rings is 1. The van der Waals surface area contributed by atoms with Gasteiger partial charge >= 0.3 is 5.97 Å². The van der Waals surface area contributed by atoms with E-state index in [1.54, 1.807) is 0 Å². The van der Waals surface area contributed by atoms with E-state index in [4.69, 9.17) is 27.9 Å². The standard InChI is InChI=1S/C12H12Cl2FNO4S/c1-16-21(18,19)8-2-3-10(15)9(4-8)11(17)20-6-7-5-12(7,13)14/h2-4,7,16H,5-6H2,1H3. The lowest BCUT2D eigenvalue weighted by Crippen LogP contribution is -2.19. The van der Waals surface area contributed by atoms with E-state index in [0.717, 1.165) is 18.2 Å². The molecule has 2 rings (SSSR count). The molecule has 0 radical (unpaired) electrons. The Balaban J connectivity index is 2.15. The molecule has 0 aromatic heterocycles. The third-order valence-corrected chi connectivity index (χ3v) is 5.45. The lowest BCUT2D eigenvalue weighted by Gasteiger charge is -2.08. The Morgan fingerprint density at radius 1 is 1.52 bits per heavy atom. The van der Waals surface area contributed by atoms with E-state index in [-0.39, 0.29) is 17.4 Å². The molecule has 0 spiro atoms. The number of carbonyl (C=O) groups is 1. The van der Waals surface area contributed by atoms with Crippen molar-refractivity contribution in [3.63, 3.8) is 0 Å². The fourth-order valence-corrected chi connectivity index (χ4v) is 2.90. The van der Waals surface area contributed by atoms with Gasteiger partial charge in [0.05, 0.1) is 17.1 Å². The second-order valence-electron chi connectivity index (χ2n) is 4.61. The molecule has 1 atom stereocenters. The summed E-state index contributed by atoms with van der Waals surface area (Å²) < 4.78 is 43.0. The molecule has 0 heterocycles. The van der Waals surface area contributed by atoms with Crippen LogP contribution < -0.4 is 4.72 Å². The number of rotatable bonds is 5. The molecule has 1 fully saturated rings. The Morgan fingerprint density at radius 2 is 2.14 bits per heavy atom. The van der Waals surface area contributed by atoms with E-state index >= 15 is 0 Å². The number of alkyl halides is 2. The van der Waals surface area contributed by atoms with Crippen LogP contribution in [0.5, 0.6) is 0 Å². The summed E-state index contributed by atoms with van der Waals surface area (Å²) in [5.41, 5.74) is -0.457. The summed E-state index contributed by atoms with van der Waals surface area (Å²) in [7, 11) is -2.56. The number of ether oxygens (including phenoxy) is 1. The van der Waals surface area contributed by atoms with Gasteiger partial charge in [-0.15, -0.1) is 23.2 Å². The average Bonchev–Trinajstić information content (AvgIpc) is 3.04. The minimum atomic E-state index is -3.78. The Morgan fingerprint density at radius 3 is 2.67 bits per heavy atom. The molecule has 1 aliphatic rings. The summed E-state index contributed by atoms with van der Waals surface area (Å²) in [5.74, 6) is -2.03. The van der Waals surface area contributed by atoms with E-state index in [1.807, 2.05) is 0 Å². The van der Waals surface area contributed by atoms with Crippen molar-refractivity contribution in [1.29, 1.82) is 0 Å². The van der Waals surface area contributed by atoms with E-state index in [0.29, 0.717) is 6.42 Å². The highest BCUT2D eigenvalue weighted by Crippen LogP contribution is 2.53. The summed E-state index contributed by atoms with van der Waals surface area (Å²) in [6.45, 7) is -0.0473. The summed E-state index contributed by atoms with van der Waals surface area (Å²) in [6.07, 6.45) is 0.486. The van der Waals surface area contributed by atoms with Gasteiger partial charge in [-0.05, 0) is 31.7 Å². The van der Waals surface area contributed by atoms with Gasteiger partial charge in [0.1, 0.15) is 10.2 Å². The Hall–Kier alpha value is -0.890. The normalized spacial score (nSPS) is 20.1. The maximum atomic E-state index is 13.6. The molecular formula is C12H12Cl2FNO4S. The molecule has 9 heteroatoms. The molecule has 0 aliphatic heterocycles. The van der Waals surface area contributed by atoms with Crippen LogP contribution in [0.3, 0.4) is 0 Å². The smallest absolute Gasteiger partial charge is 0.341 e. The minimum Gasteiger partial charge on any atom is -0.462 e. The molecule has 0 bridgehead atoms. The molecule has 0 saturated heterocycles. The van der Waals surface area contributed by atoms with Crippen molar-refractivity contribution < 1.29 is 22.3 Å². The van der Waals surface area contributed by atoms with Crippen LogP contribution in [0.25, 0.3) is 0 Å². The monoisotopic (exact) mass is 355 g/mol. The average molecular weight is 356 g/mol. The van der Waals surface area contributed by atoms with Gasteiger partial charge in [-0.3, -0.25) is 0 Å². The molecule has 0 amide bonds. The first-order valence-corrected chi connectivity index (χ1v) is 8.19. The van der Waals surface area contributed by atoms with Gasteiger partial charge in [-0.1, -0.05) is 0 Å². The summed E-state index contributed by atoms with van der Waals surface area (Å²) >= 11 is 11.6. The molecule has 1 aromatic rings. The van der Waals surface area contributed by atoms with Gasteiger partial charge in [0, 0.05) is 5.92 Å². The number of hydrogen-bond donors (Lipinski definition) is 1. The molecule has 1 N–H and O–H groups in total. The molecule has 1 saturated carbocycles. The van der Waals surface area contributed by atoms with Gasteiger partial charge in [0.2, 0.25) is 10.0 Å². The van der Waals surface area contributed by atoms with Gasteiger partial charge in [-0.2, -0.15) is 0 Å². The van der Waals surface area contributed by atoms with Crippen molar-refractivity contribution in [2.45, 2.75) is 15.6 Å². The van der Waals surface area contributed by atoms with Gasteiger partial charge in [0.15, 0.2) is 0 Å². The fourth-order valence-electron chi connectivity index (χ4n) is 1.65. The molecule has 5 nitrogen and oxygen atoms in total. The highest BCUT2D eigenvalue weighted by atomic mass is 35.5. The van der Waals surface area contributed by atoms with Crippen LogP contribution in [-0.4, -0.2) is 32.4 Å². The number of nitrogens with one attached hydrogen (secondary N) is 1. The molecule has 21 heavy (non-hydrogen) atoms. The van der Waals surface area contributed by atoms with Crippen LogP contribution in [0.2, 0.25) is 0 Å². The predicted molar refractivity (Wildman–Crippen MR) is 75.5 cm³/mol. The Bertz CT molecular complexity index is 678. The van der Waals surface area contributed by atoms with Gasteiger partial charge < -0.3 is 4.74 Å². The van der Waals surface area contributed by atoms with Crippen molar-refractivity contribution in [3.8, 4) is 0 Å². The van der Waals surface area contributed by atoms with Crippen LogP contribution in [0.1, 0.15) is 16.8 Å². The maximum Gasteiger partial charge on any atom is 0.341 e. The fraction of sp³-hybridized carbons (Fsp3) is 0.417. The number of carbonyl (C=O) groups excluding carboxylic acids is 1. The first-order valence-electron chi connectivity index (χ1n) is 5.95. The molecule has 1 aromatic carbocycles. The van der Waals surface area contributed by atoms with Crippen LogP contribution in [-0.2, 0) is 14.8 Å². The van der Waals surface area contributed by atoms with Crippen molar-refractivity contribution >= 4 is 39.2 Å². The summed E-state index contributed by atoms with van der Waals surface area (Å²) in [5, 5.41) is 0. The van der Waals surface area contributed by atoms with Crippen molar-refractivity contribution in [1.82, 2.24) is 4.72 Å². The zero-order valence-electron chi connectivity index (χ0n) is 10.9. The topological polar surface area (TPSA) is 72.5 Å². The molecule has 1 aliphatic carbocycles. The van der Waals surface area contributed by atoms with Crippen LogP contribution in [0.4, 0.5) is 4.39 Å². The predicted octanol–water partition coefficient (Wildman–Crippen LogP) is 2.08. The third kappa shape index (κ3) is 3.66.